The highest BCUT2D eigenvalue weighted by Crippen LogP contribution is 2.12. The van der Waals surface area contributed by atoms with Crippen molar-refractivity contribution in [1.82, 2.24) is 0 Å². The summed E-state index contributed by atoms with van der Waals surface area (Å²) in [6.45, 7) is 6.38. The van der Waals surface area contributed by atoms with E-state index in [9.17, 15) is 14.4 Å². The molecule has 0 radical (unpaired) electrons. The van der Waals surface area contributed by atoms with Crippen LogP contribution in [0.15, 0.2) is 109 Å². The molecule has 0 aliphatic rings. The molecule has 0 saturated heterocycles. The zero-order valence-electron chi connectivity index (χ0n) is 42.0. The lowest BCUT2D eigenvalue weighted by atomic mass is 10.1. The van der Waals surface area contributed by atoms with Gasteiger partial charge >= 0.3 is 17.9 Å². The van der Waals surface area contributed by atoms with E-state index >= 15 is 0 Å². The normalized spacial score (nSPS) is 13.0. The van der Waals surface area contributed by atoms with Gasteiger partial charge in [0.2, 0.25) is 0 Å². The van der Waals surface area contributed by atoms with Crippen molar-refractivity contribution in [3.63, 3.8) is 0 Å². The first kappa shape index (κ1) is 61.1. The topological polar surface area (TPSA) is 78.9 Å². The Hall–Kier alpha value is -3.93. The molecule has 0 spiro atoms. The summed E-state index contributed by atoms with van der Waals surface area (Å²) in [4.78, 5) is 38.0. The van der Waals surface area contributed by atoms with Crippen molar-refractivity contribution >= 4 is 17.9 Å². The average molecular weight is 901 g/mol. The number of unbranched alkanes of at least 4 members (excludes halogenated alkanes) is 17. The molecule has 0 aliphatic carbocycles. The summed E-state index contributed by atoms with van der Waals surface area (Å²) < 4.78 is 16.7. The van der Waals surface area contributed by atoms with E-state index in [1.165, 1.54) is 64.2 Å². The van der Waals surface area contributed by atoms with E-state index in [4.69, 9.17) is 14.2 Å². The van der Waals surface area contributed by atoms with Crippen LogP contribution >= 0.6 is 0 Å². The number of carbonyl (C=O) groups excluding carboxylic acids is 3. The van der Waals surface area contributed by atoms with Gasteiger partial charge in [-0.25, -0.2) is 0 Å². The van der Waals surface area contributed by atoms with E-state index in [0.717, 1.165) is 116 Å². The quantitative estimate of drug-likeness (QED) is 0.0262. The molecule has 65 heavy (non-hydrogen) atoms. The van der Waals surface area contributed by atoms with Crippen LogP contribution in [0.5, 0.6) is 0 Å². The first-order chi connectivity index (χ1) is 32.0. The van der Waals surface area contributed by atoms with Crippen molar-refractivity contribution in [3.05, 3.63) is 109 Å². The Bertz CT molecular complexity index is 1360. The zero-order chi connectivity index (χ0) is 47.2. The molecule has 0 heterocycles. The van der Waals surface area contributed by atoms with Gasteiger partial charge in [0, 0.05) is 19.3 Å². The third-order valence-corrected chi connectivity index (χ3v) is 10.7. The Morgan fingerprint density at radius 2 is 0.631 bits per heavy atom. The highest BCUT2D eigenvalue weighted by molar-refractivity contribution is 5.71. The molecule has 1 atom stereocenters. The largest absolute Gasteiger partial charge is 0.462 e. The van der Waals surface area contributed by atoms with Gasteiger partial charge in [0.05, 0.1) is 0 Å². The number of ether oxygens (including phenoxy) is 3. The molecule has 0 N–H and O–H groups in total. The van der Waals surface area contributed by atoms with Crippen molar-refractivity contribution in [3.8, 4) is 0 Å². The number of carbonyl (C=O) groups is 3. The van der Waals surface area contributed by atoms with E-state index < -0.39 is 6.10 Å². The Morgan fingerprint density at radius 3 is 1.08 bits per heavy atom. The first-order valence-electron chi connectivity index (χ1n) is 26.4. The fourth-order valence-corrected chi connectivity index (χ4v) is 6.79. The predicted octanol–water partition coefficient (Wildman–Crippen LogP) is 17.5. The molecular formula is C59H96O6. The van der Waals surface area contributed by atoms with Gasteiger partial charge in [-0.05, 0) is 116 Å². The summed E-state index contributed by atoms with van der Waals surface area (Å²) in [5.41, 5.74) is 0. The second-order valence-electron chi connectivity index (χ2n) is 17.0. The van der Waals surface area contributed by atoms with Crippen molar-refractivity contribution in [2.24, 2.45) is 0 Å². The fourth-order valence-electron chi connectivity index (χ4n) is 6.79. The lowest BCUT2D eigenvalue weighted by molar-refractivity contribution is -0.166. The molecule has 0 saturated carbocycles. The molecule has 0 fully saturated rings. The van der Waals surface area contributed by atoms with Gasteiger partial charge in [-0.15, -0.1) is 0 Å². The van der Waals surface area contributed by atoms with Gasteiger partial charge in [-0.1, -0.05) is 201 Å². The second kappa shape index (κ2) is 52.7. The summed E-state index contributed by atoms with van der Waals surface area (Å²) in [6.07, 6.45) is 70.8. The Morgan fingerprint density at radius 1 is 0.323 bits per heavy atom. The number of esters is 3. The van der Waals surface area contributed by atoms with Crippen LogP contribution in [-0.4, -0.2) is 37.2 Å². The van der Waals surface area contributed by atoms with Crippen LogP contribution in [0.3, 0.4) is 0 Å². The Kier molecular flexibility index (Phi) is 49.5. The summed E-state index contributed by atoms with van der Waals surface area (Å²) >= 11 is 0. The standard InChI is InChI=1S/C59H96O6/c1-4-7-10-13-16-19-22-25-27-28-29-30-32-34-37-40-43-46-49-52-58(61)64-55-56(54-63-57(60)51-48-45-42-39-36-33-24-21-18-15-12-9-6-3)65-59(62)53-50-47-44-41-38-35-31-26-23-20-17-14-11-8-5-2/h8,11,16-17,19-21,24-27,29-31,34,37,43,46,56H,4-7,9-10,12-15,18,22-23,28,32-33,35-36,38-42,44-45,47-55H2,1-3H3/b11-8-,19-16-,20-17-,24-21-,27-25-,30-29-,31-26-,37-34-,46-43-/t56-/m0/s1. The maximum atomic E-state index is 12.8. The maximum Gasteiger partial charge on any atom is 0.306 e. The summed E-state index contributed by atoms with van der Waals surface area (Å²) in [6, 6.07) is 0. The Balaban J connectivity index is 4.55. The molecule has 0 rings (SSSR count). The molecule has 0 bridgehead atoms. The van der Waals surface area contributed by atoms with Crippen molar-refractivity contribution < 1.29 is 28.6 Å². The van der Waals surface area contributed by atoms with Crippen LogP contribution < -0.4 is 0 Å². The molecule has 0 aromatic heterocycles. The number of rotatable bonds is 46. The number of hydrogen-bond donors (Lipinski definition) is 0. The average Bonchev–Trinajstić information content (AvgIpc) is 3.30. The van der Waals surface area contributed by atoms with Gasteiger partial charge in [-0.2, -0.15) is 0 Å². The first-order valence-corrected chi connectivity index (χ1v) is 26.4. The zero-order valence-corrected chi connectivity index (χ0v) is 42.0. The van der Waals surface area contributed by atoms with Gasteiger partial charge in [0.25, 0.3) is 0 Å². The molecular weight excluding hydrogens is 805 g/mol. The molecule has 368 valence electrons. The highest BCUT2D eigenvalue weighted by atomic mass is 16.6. The Labute approximate surface area is 400 Å². The summed E-state index contributed by atoms with van der Waals surface area (Å²) in [5.74, 6) is -1.03. The van der Waals surface area contributed by atoms with Crippen molar-refractivity contribution in [2.75, 3.05) is 13.2 Å². The van der Waals surface area contributed by atoms with Crippen LogP contribution in [0.2, 0.25) is 0 Å². The predicted molar refractivity (Wildman–Crippen MR) is 279 cm³/mol. The highest BCUT2D eigenvalue weighted by Gasteiger charge is 2.19. The number of hydrogen-bond acceptors (Lipinski definition) is 6. The van der Waals surface area contributed by atoms with Gasteiger partial charge in [0.1, 0.15) is 13.2 Å². The molecule has 0 aromatic rings. The lowest BCUT2D eigenvalue weighted by Crippen LogP contribution is -2.30. The van der Waals surface area contributed by atoms with Gasteiger partial charge in [0.15, 0.2) is 6.10 Å². The van der Waals surface area contributed by atoms with Gasteiger partial charge < -0.3 is 14.2 Å². The third kappa shape index (κ3) is 50.9. The minimum Gasteiger partial charge on any atom is -0.462 e. The van der Waals surface area contributed by atoms with Gasteiger partial charge in [-0.3, -0.25) is 14.4 Å². The lowest BCUT2D eigenvalue weighted by Gasteiger charge is -2.18. The summed E-state index contributed by atoms with van der Waals surface area (Å²) in [5, 5.41) is 0. The SMILES string of the molecule is CC/C=C\C/C=C\C/C=C\CCCCCCCC(=O)O[C@H](COC(=O)CC/C=C\C/C=C\C/C=C\C/C=C\C/C=C\CCCCC)COC(=O)CCCCCCC/C=C\CCCCCC. The monoisotopic (exact) mass is 901 g/mol. The molecule has 0 unspecified atom stereocenters. The molecule has 6 nitrogen and oxygen atoms in total. The molecule has 0 aliphatic heterocycles. The minimum atomic E-state index is -0.822. The van der Waals surface area contributed by atoms with E-state index in [1.807, 2.05) is 6.08 Å². The fraction of sp³-hybridized carbons (Fsp3) is 0.644. The van der Waals surface area contributed by atoms with Crippen LogP contribution in [-0.2, 0) is 28.6 Å². The maximum absolute atomic E-state index is 12.8. The van der Waals surface area contributed by atoms with E-state index in [2.05, 4.69) is 124 Å². The molecule has 6 heteroatoms. The van der Waals surface area contributed by atoms with E-state index in [-0.39, 0.29) is 44.0 Å². The van der Waals surface area contributed by atoms with E-state index in [1.54, 1.807) is 0 Å². The number of allylic oxidation sites excluding steroid dienone is 18. The van der Waals surface area contributed by atoms with Crippen LogP contribution in [0.1, 0.15) is 226 Å². The van der Waals surface area contributed by atoms with Crippen LogP contribution in [0.25, 0.3) is 0 Å². The smallest absolute Gasteiger partial charge is 0.306 e. The minimum absolute atomic E-state index is 0.114. The van der Waals surface area contributed by atoms with Crippen molar-refractivity contribution in [1.29, 1.82) is 0 Å². The van der Waals surface area contributed by atoms with Crippen molar-refractivity contribution in [2.45, 2.75) is 232 Å². The molecule has 0 amide bonds. The van der Waals surface area contributed by atoms with Crippen LogP contribution in [0.4, 0.5) is 0 Å². The third-order valence-electron chi connectivity index (χ3n) is 10.7. The molecule has 0 aromatic carbocycles. The second-order valence-corrected chi connectivity index (χ2v) is 17.0. The van der Waals surface area contributed by atoms with Crippen LogP contribution in [0, 0.1) is 0 Å². The van der Waals surface area contributed by atoms with E-state index in [0.29, 0.717) is 12.8 Å². The summed E-state index contributed by atoms with van der Waals surface area (Å²) in [7, 11) is 0.